The van der Waals surface area contributed by atoms with E-state index in [-0.39, 0.29) is 21.7 Å². The first-order valence-electron chi connectivity index (χ1n) is 8.83. The van der Waals surface area contributed by atoms with Crippen molar-refractivity contribution in [2.75, 3.05) is 32.5 Å². The van der Waals surface area contributed by atoms with E-state index < -0.39 is 15.7 Å². The van der Waals surface area contributed by atoms with Gasteiger partial charge in [0.15, 0.2) is 0 Å². The van der Waals surface area contributed by atoms with Gasteiger partial charge >= 0.3 is 0 Å². The highest BCUT2D eigenvalue weighted by molar-refractivity contribution is 7.91. The van der Waals surface area contributed by atoms with Crippen LogP contribution in [-0.2, 0) is 9.84 Å². The van der Waals surface area contributed by atoms with E-state index in [1.54, 1.807) is 12.1 Å². The third-order valence-corrected chi connectivity index (χ3v) is 5.74. The molecule has 6 nitrogen and oxygen atoms in total. The van der Waals surface area contributed by atoms with Crippen LogP contribution < -0.4 is 5.32 Å². The second kappa shape index (κ2) is 8.53. The first kappa shape index (κ1) is 20.0. The number of anilines is 1. The second-order valence-electron chi connectivity index (χ2n) is 6.56. The van der Waals surface area contributed by atoms with E-state index in [1.807, 2.05) is 37.2 Å². The maximum atomic E-state index is 13.2. The van der Waals surface area contributed by atoms with Crippen LogP contribution in [-0.4, -0.2) is 45.5 Å². The molecule has 0 bridgehead atoms. The molecule has 148 valence electrons. The summed E-state index contributed by atoms with van der Waals surface area (Å²) in [4.78, 5) is 6.24. The molecule has 0 amide bonds. The topological polar surface area (TPSA) is 75.4 Å². The molecule has 0 aliphatic carbocycles. The van der Waals surface area contributed by atoms with Crippen molar-refractivity contribution in [3.05, 3.63) is 60.4 Å². The van der Waals surface area contributed by atoms with Gasteiger partial charge in [-0.15, -0.1) is 0 Å². The van der Waals surface area contributed by atoms with E-state index in [2.05, 4.69) is 10.3 Å². The van der Waals surface area contributed by atoms with Gasteiger partial charge in [-0.3, -0.25) is 0 Å². The molecule has 0 fully saturated rings. The number of sulfone groups is 1. The number of hydrogen-bond acceptors (Lipinski definition) is 6. The van der Waals surface area contributed by atoms with Gasteiger partial charge in [0.2, 0.25) is 26.6 Å². The first-order chi connectivity index (χ1) is 13.4. The number of nitrogens with zero attached hydrogens (tertiary/aromatic N) is 2. The van der Waals surface area contributed by atoms with Crippen LogP contribution in [0.25, 0.3) is 11.5 Å². The summed E-state index contributed by atoms with van der Waals surface area (Å²) in [5.41, 5.74) is 0.666. The molecule has 8 heteroatoms. The Balaban J connectivity index is 1.97. The summed E-state index contributed by atoms with van der Waals surface area (Å²) in [6.07, 6.45) is 0.796. The van der Waals surface area contributed by atoms with Crippen molar-refractivity contribution >= 4 is 15.7 Å². The highest BCUT2D eigenvalue weighted by Crippen LogP contribution is 2.32. The van der Waals surface area contributed by atoms with Gasteiger partial charge in [-0.1, -0.05) is 18.2 Å². The highest BCUT2D eigenvalue weighted by atomic mass is 32.2. The van der Waals surface area contributed by atoms with Gasteiger partial charge in [-0.25, -0.2) is 12.8 Å². The molecule has 1 N–H and O–H groups in total. The van der Waals surface area contributed by atoms with Gasteiger partial charge in [0.05, 0.1) is 4.90 Å². The second-order valence-corrected chi connectivity index (χ2v) is 8.43. The third kappa shape index (κ3) is 4.58. The smallest absolute Gasteiger partial charge is 0.233 e. The molecule has 0 unspecified atom stereocenters. The zero-order chi connectivity index (χ0) is 20.1. The van der Waals surface area contributed by atoms with Crippen molar-refractivity contribution in [2.24, 2.45) is 0 Å². The number of rotatable bonds is 8. The molecule has 3 aromatic rings. The molecular weight excluding hydrogens is 381 g/mol. The summed E-state index contributed by atoms with van der Waals surface area (Å²) in [5.74, 6) is -0.218. The highest BCUT2D eigenvalue weighted by Gasteiger charge is 2.28. The molecule has 2 aromatic carbocycles. The fourth-order valence-electron chi connectivity index (χ4n) is 2.63. The van der Waals surface area contributed by atoms with Crippen LogP contribution in [0.2, 0.25) is 0 Å². The lowest BCUT2D eigenvalue weighted by molar-refractivity contribution is 0.404. The Hall–Kier alpha value is -2.71. The van der Waals surface area contributed by atoms with Crippen LogP contribution in [0.15, 0.2) is 68.9 Å². The Labute approximate surface area is 163 Å². The summed E-state index contributed by atoms with van der Waals surface area (Å²) < 4.78 is 45.1. The number of nitrogens with one attached hydrogen (secondary N) is 1. The Morgan fingerprint density at radius 2 is 1.75 bits per heavy atom. The van der Waals surface area contributed by atoms with Crippen molar-refractivity contribution < 1.29 is 17.2 Å². The molecular formula is C20H22FN3O3S. The maximum Gasteiger partial charge on any atom is 0.233 e. The molecule has 3 rings (SSSR count). The number of benzene rings is 2. The standard InChI is InChI=1S/C20H22FN3O3S/c1-24(2)14-6-13-22-19-20(23-18(27-19)15-7-4-3-5-8-15)28(25,26)17-11-9-16(21)10-12-17/h3-5,7-12,22H,6,13-14H2,1-2H3. The third-order valence-electron chi connectivity index (χ3n) is 4.06. The van der Waals surface area contributed by atoms with Gasteiger partial charge in [-0.05, 0) is 63.5 Å². The number of oxazole rings is 1. The van der Waals surface area contributed by atoms with Gasteiger partial charge < -0.3 is 14.6 Å². The van der Waals surface area contributed by atoms with Crippen LogP contribution in [0.4, 0.5) is 10.3 Å². The predicted octanol–water partition coefficient (Wildman–Crippen LogP) is 3.68. The average molecular weight is 403 g/mol. The zero-order valence-corrected chi connectivity index (χ0v) is 16.5. The minimum Gasteiger partial charge on any atom is -0.419 e. The van der Waals surface area contributed by atoms with Crippen LogP contribution in [0.1, 0.15) is 6.42 Å². The summed E-state index contributed by atoms with van der Waals surface area (Å²) in [7, 11) is -0.0421. The van der Waals surface area contributed by atoms with Crippen molar-refractivity contribution in [1.82, 2.24) is 9.88 Å². The van der Waals surface area contributed by atoms with E-state index in [1.165, 1.54) is 12.1 Å². The quantitative estimate of drug-likeness (QED) is 0.457. The molecule has 28 heavy (non-hydrogen) atoms. The molecule has 0 aliphatic rings. The molecule has 1 aromatic heterocycles. The largest absolute Gasteiger partial charge is 0.419 e. The fourth-order valence-corrected chi connectivity index (χ4v) is 3.91. The van der Waals surface area contributed by atoms with E-state index in [4.69, 9.17) is 4.42 Å². The van der Waals surface area contributed by atoms with Gasteiger partial charge in [0.25, 0.3) is 0 Å². The molecule has 0 radical (unpaired) electrons. The van der Waals surface area contributed by atoms with E-state index in [0.29, 0.717) is 12.1 Å². The molecule has 1 heterocycles. The summed E-state index contributed by atoms with van der Waals surface area (Å²) in [5, 5.41) is 2.83. The number of aromatic nitrogens is 1. The normalized spacial score (nSPS) is 11.7. The lowest BCUT2D eigenvalue weighted by Crippen LogP contribution is -2.17. The fraction of sp³-hybridized carbons (Fsp3) is 0.250. The lowest BCUT2D eigenvalue weighted by atomic mass is 10.2. The monoisotopic (exact) mass is 403 g/mol. The maximum absolute atomic E-state index is 13.2. The van der Waals surface area contributed by atoms with Crippen molar-refractivity contribution in [3.8, 4) is 11.5 Å². The van der Waals surface area contributed by atoms with Crippen molar-refractivity contribution in [1.29, 1.82) is 0 Å². The van der Waals surface area contributed by atoms with E-state index >= 15 is 0 Å². The van der Waals surface area contributed by atoms with Gasteiger partial charge in [-0.2, -0.15) is 4.98 Å². The Morgan fingerprint density at radius 3 is 2.39 bits per heavy atom. The lowest BCUT2D eigenvalue weighted by Gasteiger charge is -2.10. The number of hydrogen-bond donors (Lipinski definition) is 1. The summed E-state index contributed by atoms with van der Waals surface area (Å²) in [6, 6.07) is 13.7. The molecule has 0 aliphatic heterocycles. The predicted molar refractivity (Wildman–Crippen MR) is 105 cm³/mol. The zero-order valence-electron chi connectivity index (χ0n) is 15.7. The Kier molecular flexibility index (Phi) is 6.11. The minimum atomic E-state index is -3.97. The average Bonchev–Trinajstić information content (AvgIpc) is 3.11. The van der Waals surface area contributed by atoms with Crippen molar-refractivity contribution in [3.63, 3.8) is 0 Å². The van der Waals surface area contributed by atoms with Crippen molar-refractivity contribution in [2.45, 2.75) is 16.3 Å². The first-order valence-corrected chi connectivity index (χ1v) is 10.3. The molecule has 0 saturated heterocycles. The Bertz CT molecular complexity index is 1020. The van der Waals surface area contributed by atoms with Crippen LogP contribution in [0, 0.1) is 5.82 Å². The van der Waals surface area contributed by atoms with E-state index in [9.17, 15) is 12.8 Å². The van der Waals surface area contributed by atoms with Crippen LogP contribution >= 0.6 is 0 Å². The van der Waals surface area contributed by atoms with Crippen LogP contribution in [0.3, 0.4) is 0 Å². The van der Waals surface area contributed by atoms with Gasteiger partial charge in [0.1, 0.15) is 5.82 Å². The van der Waals surface area contributed by atoms with Crippen LogP contribution in [0.5, 0.6) is 0 Å². The minimum absolute atomic E-state index is 0.0434. The van der Waals surface area contributed by atoms with E-state index in [0.717, 1.165) is 25.1 Å². The SMILES string of the molecule is CN(C)CCCNc1oc(-c2ccccc2)nc1S(=O)(=O)c1ccc(F)cc1. The molecule has 0 atom stereocenters. The summed E-state index contributed by atoms with van der Waals surface area (Å²) >= 11 is 0. The number of halogens is 1. The molecule has 0 saturated carbocycles. The molecule has 0 spiro atoms. The van der Waals surface area contributed by atoms with Gasteiger partial charge in [0, 0.05) is 12.1 Å². The Morgan fingerprint density at radius 1 is 1.07 bits per heavy atom. The summed E-state index contributed by atoms with van der Waals surface area (Å²) in [6.45, 7) is 1.36.